The molecule has 0 aromatic heterocycles. The third kappa shape index (κ3) is 3.04. The van der Waals surface area contributed by atoms with Gasteiger partial charge in [-0.25, -0.2) is 9.10 Å². The molecule has 0 spiro atoms. The minimum absolute atomic E-state index is 0.178. The van der Waals surface area contributed by atoms with Gasteiger partial charge in [-0.15, -0.1) is 8.91 Å². The summed E-state index contributed by atoms with van der Waals surface area (Å²) in [6, 6.07) is 0.178. The molecule has 3 unspecified atom stereocenters. The van der Waals surface area contributed by atoms with Crippen molar-refractivity contribution in [2.24, 2.45) is 0 Å². The van der Waals surface area contributed by atoms with Crippen molar-refractivity contribution in [1.29, 1.82) is 0 Å². The van der Waals surface area contributed by atoms with Crippen LogP contribution in [0, 0.1) is 0 Å². The lowest BCUT2D eigenvalue weighted by Crippen LogP contribution is -2.57. The molecule has 22 heavy (non-hydrogen) atoms. The Morgan fingerprint density at radius 3 is 2.64 bits per heavy atom. The predicted octanol–water partition coefficient (Wildman–Crippen LogP) is 4.16. The van der Waals surface area contributed by atoms with E-state index in [-0.39, 0.29) is 12.1 Å². The topological polar surface area (TPSA) is 59.1 Å². The quantitative estimate of drug-likeness (QED) is 0.328. The van der Waals surface area contributed by atoms with Crippen LogP contribution in [-0.2, 0) is 13.6 Å². The van der Waals surface area contributed by atoms with Crippen molar-refractivity contribution < 1.29 is 22.8 Å². The molecule has 3 aliphatic rings. The molecule has 1 heterocycles. The minimum atomic E-state index is -2.15. The lowest BCUT2D eigenvalue weighted by molar-refractivity contribution is -0.0942. The molecule has 0 bridgehead atoms. The molecule has 124 valence electrons. The van der Waals surface area contributed by atoms with Gasteiger partial charge in [0.2, 0.25) is 5.72 Å². The van der Waals surface area contributed by atoms with E-state index in [0.29, 0.717) is 6.42 Å². The fourth-order valence-electron chi connectivity index (χ4n) is 3.63. The number of rotatable bonds is 4. The molecule has 2 aliphatic carbocycles. The zero-order valence-electron chi connectivity index (χ0n) is 12.6. The van der Waals surface area contributed by atoms with Crippen molar-refractivity contribution in [3.8, 4) is 0 Å². The van der Waals surface area contributed by atoms with E-state index in [1.165, 1.54) is 7.05 Å². The lowest BCUT2D eigenvalue weighted by Gasteiger charge is -2.43. The number of amides is 1. The van der Waals surface area contributed by atoms with E-state index in [4.69, 9.17) is 9.05 Å². The number of carbonyl (C=O) groups excluding carboxylic acids is 1. The van der Waals surface area contributed by atoms with E-state index in [1.807, 2.05) is 4.31 Å². The number of halogens is 1. The fourth-order valence-corrected chi connectivity index (χ4v) is 5.82. The summed E-state index contributed by atoms with van der Waals surface area (Å²) in [5.74, 6) is 0. The van der Waals surface area contributed by atoms with Gasteiger partial charge in [-0.1, -0.05) is 23.8 Å². The summed E-state index contributed by atoms with van der Waals surface area (Å²) in [4.78, 5) is 11.0. The molecule has 0 radical (unpaired) electrons. The van der Waals surface area contributed by atoms with Gasteiger partial charge in [0.25, 0.3) is 0 Å². The Balaban J connectivity index is 1.88. The lowest BCUT2D eigenvalue weighted by atomic mass is 9.88. The molecule has 1 aliphatic heterocycles. The Morgan fingerprint density at radius 1 is 1.27 bits per heavy atom. The van der Waals surface area contributed by atoms with Crippen LogP contribution in [0.2, 0.25) is 0 Å². The van der Waals surface area contributed by atoms with Gasteiger partial charge >= 0.3 is 14.4 Å². The third-order valence-electron chi connectivity index (χ3n) is 4.69. The monoisotopic (exact) mass is 351 g/mol. The van der Waals surface area contributed by atoms with E-state index >= 15 is 0 Å². The maximum absolute atomic E-state index is 13.0. The smallest absolute Gasteiger partial charge is 0.248 e. The Labute approximate surface area is 134 Å². The third-order valence-corrected chi connectivity index (χ3v) is 6.75. The zero-order chi connectivity index (χ0) is 15.7. The van der Waals surface area contributed by atoms with Crippen molar-refractivity contribution in [2.45, 2.75) is 69.2 Å². The van der Waals surface area contributed by atoms with Crippen LogP contribution in [-0.4, -0.2) is 39.7 Å². The van der Waals surface area contributed by atoms with Crippen LogP contribution < -0.4 is 0 Å². The SMILES string of the molecule is CN(SN(C1CCCC1)C12CCCCC1O[P+](=O)O2)C(=O)F. The van der Waals surface area contributed by atoms with Crippen LogP contribution in [0.5, 0.6) is 0 Å². The molecule has 3 rings (SSSR count). The standard InChI is InChI=1S/C13H21FN2O4PS/c1-15(12(14)17)22-16(10-6-2-3-7-10)13-9-5-4-8-11(13)19-21(18)20-13/h10-11H,2-9H2,1H3/q+1. The molecular weight excluding hydrogens is 330 g/mol. The Hall–Kier alpha value is -0.270. The summed E-state index contributed by atoms with van der Waals surface area (Å²) < 4.78 is 39.1. The van der Waals surface area contributed by atoms with Gasteiger partial charge in [0.1, 0.15) is 0 Å². The first kappa shape index (κ1) is 16.6. The van der Waals surface area contributed by atoms with Gasteiger partial charge in [-0.2, -0.15) is 4.31 Å². The number of carbonyl (C=O) groups is 1. The molecule has 9 heteroatoms. The Morgan fingerprint density at radius 2 is 1.95 bits per heavy atom. The predicted molar refractivity (Wildman–Crippen MR) is 80.7 cm³/mol. The van der Waals surface area contributed by atoms with Gasteiger partial charge in [-0.05, 0) is 32.1 Å². The van der Waals surface area contributed by atoms with Crippen LogP contribution in [0.1, 0.15) is 51.4 Å². The fraction of sp³-hybridized carbons (Fsp3) is 0.923. The maximum Gasteiger partial charge on any atom is 0.699 e. The summed E-state index contributed by atoms with van der Waals surface area (Å²) in [5, 5.41) is 0. The molecule has 1 amide bonds. The van der Waals surface area contributed by atoms with E-state index in [9.17, 15) is 13.8 Å². The van der Waals surface area contributed by atoms with Crippen molar-refractivity contribution in [1.82, 2.24) is 8.61 Å². The normalized spacial score (nSPS) is 34.1. The van der Waals surface area contributed by atoms with Crippen LogP contribution in [0.4, 0.5) is 9.18 Å². The van der Waals surface area contributed by atoms with Crippen molar-refractivity contribution in [3.63, 3.8) is 0 Å². The first-order valence-corrected chi connectivity index (χ1v) is 9.59. The van der Waals surface area contributed by atoms with Crippen molar-refractivity contribution in [3.05, 3.63) is 0 Å². The number of fused-ring (bicyclic) bond motifs is 1. The second-order valence-corrected chi connectivity index (χ2v) is 8.04. The van der Waals surface area contributed by atoms with Gasteiger partial charge in [0, 0.05) is 29.8 Å². The van der Waals surface area contributed by atoms with Crippen LogP contribution in [0.15, 0.2) is 0 Å². The highest BCUT2D eigenvalue weighted by molar-refractivity contribution is 7.95. The summed E-state index contributed by atoms with van der Waals surface area (Å²) in [7, 11) is -0.751. The molecule has 1 saturated heterocycles. The van der Waals surface area contributed by atoms with Gasteiger partial charge in [-0.3, -0.25) is 0 Å². The van der Waals surface area contributed by atoms with Gasteiger partial charge in [0.05, 0.1) is 0 Å². The Bertz CT molecular complexity index is 465. The molecule has 0 aromatic carbocycles. The van der Waals surface area contributed by atoms with Crippen molar-refractivity contribution in [2.75, 3.05) is 7.05 Å². The first-order valence-electron chi connectivity index (χ1n) is 7.77. The molecule has 0 N–H and O–H groups in total. The van der Waals surface area contributed by atoms with Crippen molar-refractivity contribution >= 4 is 26.5 Å². The molecule has 3 atom stereocenters. The highest BCUT2D eigenvalue weighted by Crippen LogP contribution is 2.56. The van der Waals surface area contributed by atoms with Gasteiger partial charge < -0.3 is 0 Å². The zero-order valence-corrected chi connectivity index (χ0v) is 14.3. The second kappa shape index (κ2) is 6.69. The van der Waals surface area contributed by atoms with E-state index in [2.05, 4.69) is 0 Å². The molecule has 6 nitrogen and oxygen atoms in total. The highest BCUT2D eigenvalue weighted by atomic mass is 32.2. The summed E-state index contributed by atoms with van der Waals surface area (Å²) >= 11 is 1.03. The summed E-state index contributed by atoms with van der Waals surface area (Å²) in [6.45, 7) is 0. The maximum atomic E-state index is 13.0. The molecule has 3 fully saturated rings. The van der Waals surface area contributed by atoms with E-state index in [1.54, 1.807) is 0 Å². The van der Waals surface area contributed by atoms with Crippen LogP contribution in [0.25, 0.3) is 0 Å². The average molecular weight is 351 g/mol. The Kier molecular flexibility index (Phi) is 5.04. The average Bonchev–Trinajstić information content (AvgIpc) is 3.10. The first-order chi connectivity index (χ1) is 10.5. The number of hydrogen-bond acceptors (Lipinski definition) is 6. The molecular formula is C13H21FN2O4PS+. The molecule has 0 aromatic rings. The summed E-state index contributed by atoms with van der Waals surface area (Å²) in [6.07, 6.45) is 5.77. The van der Waals surface area contributed by atoms with E-state index in [0.717, 1.165) is 61.4 Å². The number of nitrogens with zero attached hydrogens (tertiary/aromatic N) is 2. The molecule has 2 saturated carbocycles. The second-order valence-electron chi connectivity index (χ2n) is 6.10. The number of hydrogen-bond donors (Lipinski definition) is 0. The van der Waals surface area contributed by atoms with Crippen LogP contribution >= 0.6 is 20.4 Å². The van der Waals surface area contributed by atoms with Gasteiger partial charge in [0.15, 0.2) is 6.10 Å². The summed E-state index contributed by atoms with van der Waals surface area (Å²) in [5.41, 5.74) is -0.810. The highest BCUT2D eigenvalue weighted by Gasteiger charge is 2.65. The van der Waals surface area contributed by atoms with Crippen LogP contribution in [0.3, 0.4) is 0 Å². The minimum Gasteiger partial charge on any atom is -0.248 e. The van der Waals surface area contributed by atoms with E-state index < -0.39 is 20.1 Å². The largest absolute Gasteiger partial charge is 0.699 e.